The minimum Gasteiger partial charge on any atom is -0.347 e. The fourth-order valence-electron chi connectivity index (χ4n) is 4.34. The molecule has 5 rings (SSSR count). The van der Waals surface area contributed by atoms with Gasteiger partial charge in [0.2, 0.25) is 10.0 Å². The molecule has 1 saturated heterocycles. The average molecular weight is 490 g/mol. The second-order valence-electron chi connectivity index (χ2n) is 8.61. The third-order valence-electron chi connectivity index (χ3n) is 6.21. The number of hydrogen-bond donors (Lipinski definition) is 1. The number of carbonyl (C=O) groups excluding carboxylic acids is 1. The quantitative estimate of drug-likeness (QED) is 0.430. The number of sulfonamides is 1. The molecule has 0 spiro atoms. The number of amides is 1. The van der Waals surface area contributed by atoms with Gasteiger partial charge in [-0.1, -0.05) is 48.5 Å². The zero-order valence-electron chi connectivity index (χ0n) is 19.5. The first-order valence-corrected chi connectivity index (χ1v) is 13.0. The number of nitrogens with one attached hydrogen (secondary N) is 1. The Morgan fingerprint density at radius 1 is 0.971 bits per heavy atom. The van der Waals surface area contributed by atoms with Crippen molar-refractivity contribution in [2.45, 2.75) is 24.3 Å². The molecule has 4 aromatic rings. The molecule has 0 bridgehead atoms. The fourth-order valence-corrected chi connectivity index (χ4v) is 5.92. The molecule has 1 N–H and O–H groups in total. The van der Waals surface area contributed by atoms with Crippen LogP contribution in [0.25, 0.3) is 16.9 Å². The predicted molar refractivity (Wildman–Crippen MR) is 134 cm³/mol. The number of aryl methyl sites for hydroxylation is 1. The van der Waals surface area contributed by atoms with E-state index >= 15 is 0 Å². The molecule has 2 aromatic heterocycles. The SMILES string of the molecule is Cn1cc(S(=O)(=O)N2CCCC2)cc1C(=O)NCc1cn(-c2ccccc2)nc1-c1ccccc1. The van der Waals surface area contributed by atoms with Gasteiger partial charge >= 0.3 is 0 Å². The van der Waals surface area contributed by atoms with E-state index in [-0.39, 0.29) is 17.3 Å². The lowest BCUT2D eigenvalue weighted by Crippen LogP contribution is -2.27. The minimum atomic E-state index is -3.59. The zero-order valence-corrected chi connectivity index (χ0v) is 20.3. The Morgan fingerprint density at radius 2 is 1.63 bits per heavy atom. The van der Waals surface area contributed by atoms with Crippen LogP contribution in [0.2, 0.25) is 0 Å². The van der Waals surface area contributed by atoms with Crippen LogP contribution >= 0.6 is 0 Å². The largest absolute Gasteiger partial charge is 0.347 e. The van der Waals surface area contributed by atoms with Gasteiger partial charge in [0.1, 0.15) is 10.6 Å². The van der Waals surface area contributed by atoms with Crippen molar-refractivity contribution in [3.8, 4) is 16.9 Å². The first-order chi connectivity index (χ1) is 16.9. The molecule has 1 fully saturated rings. The molecule has 0 radical (unpaired) electrons. The Morgan fingerprint density at radius 3 is 2.31 bits per heavy atom. The minimum absolute atomic E-state index is 0.147. The van der Waals surface area contributed by atoms with Crippen molar-refractivity contribution in [3.63, 3.8) is 0 Å². The van der Waals surface area contributed by atoms with E-state index in [4.69, 9.17) is 5.10 Å². The monoisotopic (exact) mass is 489 g/mol. The van der Waals surface area contributed by atoms with Crippen LogP contribution in [0, 0.1) is 0 Å². The molecular formula is C26H27N5O3S. The summed E-state index contributed by atoms with van der Waals surface area (Å²) in [5.74, 6) is -0.346. The van der Waals surface area contributed by atoms with Crippen LogP contribution in [-0.4, -0.2) is 46.1 Å². The topological polar surface area (TPSA) is 89.2 Å². The summed E-state index contributed by atoms with van der Waals surface area (Å²) in [5.41, 5.74) is 3.79. The Kier molecular flexibility index (Phi) is 6.27. The molecule has 1 aliphatic heterocycles. The summed E-state index contributed by atoms with van der Waals surface area (Å²) in [5, 5.41) is 7.72. The van der Waals surface area contributed by atoms with E-state index in [1.165, 1.54) is 16.6 Å². The highest BCUT2D eigenvalue weighted by Gasteiger charge is 2.29. The lowest BCUT2D eigenvalue weighted by atomic mass is 10.1. The Labute approximate surface area is 204 Å². The molecule has 8 nitrogen and oxygen atoms in total. The van der Waals surface area contributed by atoms with Crippen molar-refractivity contribution in [2.75, 3.05) is 13.1 Å². The van der Waals surface area contributed by atoms with E-state index in [9.17, 15) is 13.2 Å². The van der Waals surface area contributed by atoms with Gasteiger partial charge in [-0.3, -0.25) is 4.79 Å². The van der Waals surface area contributed by atoms with Crippen molar-refractivity contribution in [3.05, 3.63) is 90.4 Å². The first-order valence-electron chi connectivity index (χ1n) is 11.6. The van der Waals surface area contributed by atoms with E-state index in [2.05, 4.69) is 5.32 Å². The second-order valence-corrected chi connectivity index (χ2v) is 10.6. The number of carbonyl (C=O) groups is 1. The van der Waals surface area contributed by atoms with Crippen LogP contribution in [0.15, 0.2) is 84.0 Å². The average Bonchev–Trinajstić information content (AvgIpc) is 3.64. The molecule has 0 unspecified atom stereocenters. The molecule has 1 aliphatic rings. The van der Waals surface area contributed by atoms with Crippen molar-refractivity contribution in [2.24, 2.45) is 7.05 Å². The van der Waals surface area contributed by atoms with Crippen LogP contribution in [0.1, 0.15) is 28.9 Å². The van der Waals surface area contributed by atoms with Crippen LogP contribution in [0.3, 0.4) is 0 Å². The Hall–Kier alpha value is -3.69. The van der Waals surface area contributed by atoms with Crippen molar-refractivity contribution in [1.82, 2.24) is 24.0 Å². The van der Waals surface area contributed by atoms with Gasteiger partial charge in [-0.25, -0.2) is 13.1 Å². The predicted octanol–water partition coefficient (Wildman–Crippen LogP) is 3.59. The third-order valence-corrected chi connectivity index (χ3v) is 8.08. The van der Waals surface area contributed by atoms with E-state index in [0.29, 0.717) is 18.8 Å². The fraction of sp³-hybridized carbons (Fsp3) is 0.231. The van der Waals surface area contributed by atoms with Gasteiger partial charge in [-0.2, -0.15) is 9.40 Å². The van der Waals surface area contributed by atoms with Crippen molar-refractivity contribution < 1.29 is 13.2 Å². The highest BCUT2D eigenvalue weighted by atomic mass is 32.2. The van der Waals surface area contributed by atoms with Crippen molar-refractivity contribution in [1.29, 1.82) is 0 Å². The lowest BCUT2D eigenvalue weighted by molar-refractivity contribution is 0.0943. The maximum absolute atomic E-state index is 13.1. The molecule has 2 aromatic carbocycles. The number of hydrogen-bond acceptors (Lipinski definition) is 4. The van der Waals surface area contributed by atoms with E-state index < -0.39 is 10.0 Å². The Balaban J connectivity index is 1.39. The van der Waals surface area contributed by atoms with Gasteiger partial charge < -0.3 is 9.88 Å². The van der Waals surface area contributed by atoms with E-state index in [0.717, 1.165) is 35.3 Å². The summed E-state index contributed by atoms with van der Waals surface area (Å²) in [7, 11) is -1.91. The second kappa shape index (κ2) is 9.52. The van der Waals surface area contributed by atoms with Gasteiger partial charge in [-0.15, -0.1) is 0 Å². The molecule has 180 valence electrons. The number of para-hydroxylation sites is 1. The standard InChI is InChI=1S/C26H27N5O3S/c1-29-19-23(35(33,34)30-14-8-9-15-30)16-24(29)26(32)27-17-21-18-31(22-12-6-3-7-13-22)28-25(21)20-10-4-2-5-11-20/h2-7,10-13,16,18-19H,8-9,14-15,17H2,1H3,(H,27,32). The summed E-state index contributed by atoms with van der Waals surface area (Å²) in [6, 6.07) is 21.0. The number of benzene rings is 2. The molecule has 3 heterocycles. The Bertz CT molecular complexity index is 1440. The number of aromatic nitrogens is 3. The first kappa shape index (κ1) is 23.1. The van der Waals surface area contributed by atoms with Gasteiger partial charge in [0.15, 0.2) is 0 Å². The molecule has 35 heavy (non-hydrogen) atoms. The molecule has 1 amide bonds. The lowest BCUT2D eigenvalue weighted by Gasteiger charge is -2.13. The van der Waals surface area contributed by atoms with Crippen LogP contribution < -0.4 is 5.32 Å². The van der Waals surface area contributed by atoms with E-state index in [1.54, 1.807) is 16.3 Å². The number of nitrogens with zero attached hydrogens (tertiary/aromatic N) is 4. The summed E-state index contributed by atoms with van der Waals surface area (Å²) in [4.78, 5) is 13.2. The van der Waals surface area contributed by atoms with Crippen LogP contribution in [0.5, 0.6) is 0 Å². The third kappa shape index (κ3) is 4.65. The molecule has 0 saturated carbocycles. The summed E-state index contributed by atoms with van der Waals surface area (Å²) >= 11 is 0. The summed E-state index contributed by atoms with van der Waals surface area (Å²) < 4.78 is 30.7. The highest BCUT2D eigenvalue weighted by molar-refractivity contribution is 7.89. The molecule has 0 aliphatic carbocycles. The molecule has 9 heteroatoms. The van der Waals surface area contributed by atoms with Crippen molar-refractivity contribution >= 4 is 15.9 Å². The highest BCUT2D eigenvalue weighted by Crippen LogP contribution is 2.25. The normalized spacial score (nSPS) is 14.3. The van der Waals surface area contributed by atoms with E-state index in [1.807, 2.05) is 66.9 Å². The number of rotatable bonds is 7. The van der Waals surface area contributed by atoms with Crippen LogP contribution in [0.4, 0.5) is 0 Å². The maximum atomic E-state index is 13.1. The van der Waals surface area contributed by atoms with Gasteiger partial charge in [0, 0.05) is 50.2 Å². The summed E-state index contributed by atoms with van der Waals surface area (Å²) in [6.45, 7) is 1.29. The maximum Gasteiger partial charge on any atom is 0.268 e. The molecule has 0 atom stereocenters. The molecular weight excluding hydrogens is 462 g/mol. The van der Waals surface area contributed by atoms with Gasteiger partial charge in [-0.05, 0) is 31.0 Å². The van der Waals surface area contributed by atoms with Gasteiger partial charge in [0.25, 0.3) is 5.91 Å². The summed E-state index contributed by atoms with van der Waals surface area (Å²) in [6.07, 6.45) is 5.14. The van der Waals surface area contributed by atoms with Gasteiger partial charge in [0.05, 0.1) is 11.4 Å². The van der Waals surface area contributed by atoms with Crippen LogP contribution in [-0.2, 0) is 23.6 Å². The smallest absolute Gasteiger partial charge is 0.268 e. The zero-order chi connectivity index (χ0) is 24.4.